The second-order valence-electron chi connectivity index (χ2n) is 8.36. The topological polar surface area (TPSA) is 68.2 Å². The summed E-state index contributed by atoms with van der Waals surface area (Å²) in [4.78, 5) is 14.2. The monoisotopic (exact) mass is 462 g/mol. The van der Waals surface area contributed by atoms with E-state index >= 15 is 4.39 Å². The smallest absolute Gasteiger partial charge is 0.274 e. The first-order chi connectivity index (χ1) is 16.6. The van der Waals surface area contributed by atoms with Crippen LogP contribution in [0.5, 0.6) is 0 Å². The minimum atomic E-state index is -0.636. The first kappa shape index (κ1) is 22.0. The molecule has 0 saturated carbocycles. The average molecular weight is 463 g/mol. The van der Waals surface area contributed by atoms with Crippen LogP contribution in [0, 0.1) is 11.6 Å². The second kappa shape index (κ2) is 9.61. The van der Waals surface area contributed by atoms with E-state index in [-0.39, 0.29) is 23.3 Å². The molecule has 2 N–H and O–H groups in total. The number of anilines is 1. The molecular formula is C26H24F2N4O2. The number of carbonyl (C=O) groups is 1. The van der Waals surface area contributed by atoms with Crippen LogP contribution in [0.4, 0.5) is 14.5 Å². The molecule has 1 saturated heterocycles. The molecule has 1 aliphatic heterocycles. The molecule has 0 spiro atoms. The number of rotatable bonds is 6. The first-order valence-electron chi connectivity index (χ1n) is 11.3. The third-order valence-electron chi connectivity index (χ3n) is 5.88. The Labute approximate surface area is 195 Å². The van der Waals surface area contributed by atoms with Gasteiger partial charge in [0.25, 0.3) is 5.91 Å². The molecule has 174 valence electrons. The summed E-state index contributed by atoms with van der Waals surface area (Å²) >= 11 is 0. The van der Waals surface area contributed by atoms with E-state index in [2.05, 4.69) is 15.8 Å². The highest BCUT2D eigenvalue weighted by atomic mass is 19.1. The van der Waals surface area contributed by atoms with Gasteiger partial charge in [0.05, 0.1) is 23.0 Å². The van der Waals surface area contributed by atoms with Crippen molar-refractivity contribution in [2.45, 2.75) is 31.9 Å². The number of aromatic nitrogens is 2. The Morgan fingerprint density at radius 2 is 1.91 bits per heavy atom. The van der Waals surface area contributed by atoms with Gasteiger partial charge in [0.2, 0.25) is 0 Å². The van der Waals surface area contributed by atoms with Gasteiger partial charge in [0.1, 0.15) is 12.0 Å². The fourth-order valence-electron chi connectivity index (χ4n) is 4.17. The summed E-state index contributed by atoms with van der Waals surface area (Å²) in [6.07, 6.45) is 4.72. The van der Waals surface area contributed by atoms with Crippen LogP contribution in [-0.4, -0.2) is 28.6 Å². The van der Waals surface area contributed by atoms with Gasteiger partial charge in [-0.15, -0.1) is 0 Å². The zero-order chi connectivity index (χ0) is 23.5. The summed E-state index contributed by atoms with van der Waals surface area (Å²) in [5.41, 5.74) is 5.30. The highest BCUT2D eigenvalue weighted by Crippen LogP contribution is 2.23. The summed E-state index contributed by atoms with van der Waals surface area (Å²) in [7, 11) is 0. The quantitative estimate of drug-likeness (QED) is 0.412. The number of halogens is 2. The maximum Gasteiger partial charge on any atom is 0.274 e. The number of hydrogen-bond donors (Lipinski definition) is 2. The van der Waals surface area contributed by atoms with Crippen molar-refractivity contribution in [2.24, 2.45) is 0 Å². The molecule has 2 heterocycles. The molecule has 34 heavy (non-hydrogen) atoms. The van der Waals surface area contributed by atoms with E-state index in [0.29, 0.717) is 18.5 Å². The summed E-state index contributed by atoms with van der Waals surface area (Å²) in [6.45, 7) is 0.635. The van der Waals surface area contributed by atoms with Crippen molar-refractivity contribution >= 4 is 22.5 Å². The minimum absolute atomic E-state index is 0.0906. The Morgan fingerprint density at radius 1 is 1.06 bits per heavy atom. The Hall–Kier alpha value is -3.78. The third kappa shape index (κ3) is 4.77. The number of benzene rings is 3. The summed E-state index contributed by atoms with van der Waals surface area (Å²) in [5.74, 6) is -1.52. The Morgan fingerprint density at radius 3 is 2.74 bits per heavy atom. The molecule has 1 aliphatic rings. The highest BCUT2D eigenvalue weighted by Gasteiger charge is 2.20. The van der Waals surface area contributed by atoms with Gasteiger partial charge in [-0.05, 0) is 73.2 Å². The van der Waals surface area contributed by atoms with Crippen molar-refractivity contribution in [2.75, 3.05) is 17.3 Å². The SMILES string of the molecule is O=C(Nn1ncc2cc(Cc3cccc(F)c3)ccc21)c1cccc(NC2CCCCO2)c1F. The molecule has 0 radical (unpaired) electrons. The van der Waals surface area contributed by atoms with E-state index < -0.39 is 11.7 Å². The van der Waals surface area contributed by atoms with Crippen LogP contribution in [0.25, 0.3) is 10.9 Å². The molecule has 1 unspecified atom stereocenters. The molecule has 6 nitrogen and oxygen atoms in total. The summed E-state index contributed by atoms with van der Waals surface area (Å²) in [6, 6.07) is 16.8. The summed E-state index contributed by atoms with van der Waals surface area (Å²) < 4.78 is 34.2. The van der Waals surface area contributed by atoms with E-state index in [9.17, 15) is 9.18 Å². The lowest BCUT2D eigenvalue weighted by Gasteiger charge is -2.24. The van der Waals surface area contributed by atoms with Crippen LogP contribution in [0.2, 0.25) is 0 Å². The van der Waals surface area contributed by atoms with Crippen molar-refractivity contribution in [3.05, 3.63) is 95.2 Å². The third-order valence-corrected chi connectivity index (χ3v) is 5.88. The van der Waals surface area contributed by atoms with Crippen molar-refractivity contribution in [1.82, 2.24) is 9.89 Å². The predicted molar refractivity (Wildman–Crippen MR) is 126 cm³/mol. The number of fused-ring (bicyclic) bond motifs is 1. The number of nitrogens with one attached hydrogen (secondary N) is 2. The van der Waals surface area contributed by atoms with Crippen LogP contribution in [0.3, 0.4) is 0 Å². The Balaban J connectivity index is 1.32. The fourth-order valence-corrected chi connectivity index (χ4v) is 4.17. The van der Waals surface area contributed by atoms with E-state index in [4.69, 9.17) is 4.74 Å². The molecule has 5 rings (SSSR count). The maximum atomic E-state index is 15.1. The normalized spacial score (nSPS) is 15.9. The number of carbonyl (C=O) groups excluding carboxylic acids is 1. The van der Waals surface area contributed by atoms with Gasteiger partial charge in [-0.2, -0.15) is 9.89 Å². The molecule has 1 amide bonds. The number of nitrogens with zero attached hydrogens (tertiary/aromatic N) is 2. The lowest BCUT2D eigenvalue weighted by molar-refractivity contribution is 0.0341. The largest absolute Gasteiger partial charge is 0.359 e. The van der Waals surface area contributed by atoms with Crippen molar-refractivity contribution < 1.29 is 18.3 Å². The molecule has 4 aromatic rings. The minimum Gasteiger partial charge on any atom is -0.359 e. The van der Waals surface area contributed by atoms with Crippen LogP contribution in [0.1, 0.15) is 40.7 Å². The van der Waals surface area contributed by atoms with Gasteiger partial charge in [-0.1, -0.05) is 24.3 Å². The molecular weight excluding hydrogens is 438 g/mol. The van der Waals surface area contributed by atoms with Crippen molar-refractivity contribution in [3.63, 3.8) is 0 Å². The fraction of sp³-hybridized carbons (Fsp3) is 0.231. The van der Waals surface area contributed by atoms with E-state index in [1.807, 2.05) is 24.3 Å². The van der Waals surface area contributed by atoms with E-state index in [1.165, 1.54) is 23.0 Å². The van der Waals surface area contributed by atoms with Gasteiger partial charge < -0.3 is 10.1 Å². The molecule has 1 atom stereocenters. The van der Waals surface area contributed by atoms with Crippen LogP contribution in [0.15, 0.2) is 66.9 Å². The molecule has 8 heteroatoms. The molecule has 1 fully saturated rings. The van der Waals surface area contributed by atoms with Gasteiger partial charge in [0.15, 0.2) is 5.82 Å². The van der Waals surface area contributed by atoms with Crippen molar-refractivity contribution in [3.8, 4) is 0 Å². The molecule has 3 aromatic carbocycles. The highest BCUT2D eigenvalue weighted by molar-refractivity contribution is 6.01. The average Bonchev–Trinajstić information content (AvgIpc) is 3.23. The van der Waals surface area contributed by atoms with Gasteiger partial charge in [-0.3, -0.25) is 4.79 Å². The van der Waals surface area contributed by atoms with Crippen LogP contribution >= 0.6 is 0 Å². The standard InChI is InChI=1S/C26H24F2N4O2/c27-20-6-3-5-17(15-20)13-18-10-11-23-19(14-18)16-29-32(23)31-26(33)21-7-4-8-22(25(21)28)30-24-9-1-2-12-34-24/h3-8,10-11,14-16,24,30H,1-2,9,12-13H2,(H,31,33). The first-order valence-corrected chi connectivity index (χ1v) is 11.3. The van der Waals surface area contributed by atoms with Gasteiger partial charge in [0, 0.05) is 12.0 Å². The molecule has 1 aromatic heterocycles. The summed E-state index contributed by atoms with van der Waals surface area (Å²) in [5, 5.41) is 8.08. The molecule has 0 aliphatic carbocycles. The number of ether oxygens (including phenoxy) is 1. The lowest BCUT2D eigenvalue weighted by Crippen LogP contribution is -2.28. The van der Waals surface area contributed by atoms with Crippen LogP contribution < -0.4 is 10.7 Å². The van der Waals surface area contributed by atoms with Crippen LogP contribution in [-0.2, 0) is 11.2 Å². The Kier molecular flexibility index (Phi) is 6.22. The zero-order valence-corrected chi connectivity index (χ0v) is 18.4. The maximum absolute atomic E-state index is 15.1. The van der Waals surface area contributed by atoms with Gasteiger partial charge in [-0.25, -0.2) is 14.2 Å². The zero-order valence-electron chi connectivity index (χ0n) is 18.4. The lowest BCUT2D eigenvalue weighted by atomic mass is 10.0. The number of hydrogen-bond acceptors (Lipinski definition) is 4. The molecule has 0 bridgehead atoms. The second-order valence-corrected chi connectivity index (χ2v) is 8.36. The van der Waals surface area contributed by atoms with E-state index in [1.54, 1.807) is 24.4 Å². The predicted octanol–water partition coefficient (Wildman–Crippen LogP) is 5.23. The van der Waals surface area contributed by atoms with Gasteiger partial charge >= 0.3 is 0 Å². The Bertz CT molecular complexity index is 1330. The van der Waals surface area contributed by atoms with E-state index in [0.717, 1.165) is 35.8 Å². The number of amides is 1. The van der Waals surface area contributed by atoms with Crippen molar-refractivity contribution in [1.29, 1.82) is 0 Å².